The highest BCUT2D eigenvalue weighted by Crippen LogP contribution is 2.28. The Morgan fingerprint density at radius 3 is 2.70 bits per heavy atom. The molecule has 20 heavy (non-hydrogen) atoms. The van der Waals surface area contributed by atoms with E-state index in [-0.39, 0.29) is 11.0 Å². The highest BCUT2D eigenvalue weighted by atomic mass is 35.5. The maximum absolute atomic E-state index is 6.22. The summed E-state index contributed by atoms with van der Waals surface area (Å²) >= 11 is 11.2. The number of benzene rings is 1. The van der Waals surface area contributed by atoms with E-state index >= 15 is 0 Å². The second-order valence-electron chi connectivity index (χ2n) is 4.41. The third kappa shape index (κ3) is 3.05. The number of aromatic nitrogens is 2. The molecule has 0 saturated heterocycles. The fraction of sp³-hybridized carbons (Fsp3) is 0.214. The Labute approximate surface area is 128 Å². The molecule has 0 amide bonds. The van der Waals surface area contributed by atoms with E-state index in [1.165, 1.54) is 0 Å². The molecular formula is C14H15ClN4S. The highest BCUT2D eigenvalue weighted by Gasteiger charge is 2.17. The Morgan fingerprint density at radius 2 is 2.05 bits per heavy atom. The predicted molar refractivity (Wildman–Crippen MR) is 86.2 cm³/mol. The van der Waals surface area contributed by atoms with Gasteiger partial charge < -0.3 is 10.6 Å². The van der Waals surface area contributed by atoms with Gasteiger partial charge in [-0.3, -0.25) is 0 Å². The van der Waals surface area contributed by atoms with Crippen molar-refractivity contribution in [3.8, 4) is 0 Å². The molecule has 1 aromatic carbocycles. The molecule has 0 aliphatic heterocycles. The Hall–Kier alpha value is -1.72. The van der Waals surface area contributed by atoms with Crippen LogP contribution in [0.15, 0.2) is 36.5 Å². The van der Waals surface area contributed by atoms with Gasteiger partial charge >= 0.3 is 0 Å². The molecule has 1 heterocycles. The number of hydrogen-bond acceptors (Lipinski definition) is 4. The molecule has 0 bridgehead atoms. The van der Waals surface area contributed by atoms with Crippen molar-refractivity contribution >= 4 is 34.8 Å². The first-order valence-electron chi connectivity index (χ1n) is 6.11. The molecule has 0 spiro atoms. The third-order valence-corrected chi connectivity index (χ3v) is 3.70. The number of nitrogens with two attached hydrogens (primary N) is 1. The minimum atomic E-state index is 0.0327. The lowest BCUT2D eigenvalue weighted by atomic mass is 10.1. The van der Waals surface area contributed by atoms with Crippen LogP contribution in [0, 0.1) is 0 Å². The largest absolute Gasteiger partial charge is 0.388 e. The van der Waals surface area contributed by atoms with Gasteiger partial charge in [0.05, 0.1) is 6.04 Å². The lowest BCUT2D eigenvalue weighted by Crippen LogP contribution is -2.25. The number of anilines is 1. The summed E-state index contributed by atoms with van der Waals surface area (Å²) in [7, 11) is 1.91. The van der Waals surface area contributed by atoms with Crippen molar-refractivity contribution in [1.82, 2.24) is 9.97 Å². The fourth-order valence-electron chi connectivity index (χ4n) is 1.85. The highest BCUT2D eigenvalue weighted by molar-refractivity contribution is 7.80. The van der Waals surface area contributed by atoms with Gasteiger partial charge in [-0.15, -0.1) is 0 Å². The molecule has 2 N–H and O–H groups in total. The van der Waals surface area contributed by atoms with Gasteiger partial charge in [-0.05, 0) is 24.6 Å². The molecular weight excluding hydrogens is 292 g/mol. The van der Waals surface area contributed by atoms with Gasteiger partial charge in [-0.2, -0.15) is 0 Å². The van der Waals surface area contributed by atoms with Gasteiger partial charge in [-0.25, -0.2) is 9.97 Å². The fourth-order valence-corrected chi connectivity index (χ4v) is 2.26. The van der Waals surface area contributed by atoms with Crippen LogP contribution >= 0.6 is 23.8 Å². The Balaban J connectivity index is 2.31. The summed E-state index contributed by atoms with van der Waals surface area (Å²) in [6.07, 6.45) is 1.65. The Bertz CT molecular complexity index is 632. The zero-order valence-corrected chi connectivity index (χ0v) is 12.8. The first kappa shape index (κ1) is 14.7. The average molecular weight is 307 g/mol. The summed E-state index contributed by atoms with van der Waals surface area (Å²) < 4.78 is 0. The van der Waals surface area contributed by atoms with Gasteiger partial charge in [0.25, 0.3) is 0 Å². The second-order valence-corrected chi connectivity index (χ2v) is 5.26. The van der Waals surface area contributed by atoms with Gasteiger partial charge in [-0.1, -0.05) is 42.0 Å². The zero-order valence-electron chi connectivity index (χ0n) is 11.2. The zero-order chi connectivity index (χ0) is 14.7. The van der Waals surface area contributed by atoms with Crippen molar-refractivity contribution in [1.29, 1.82) is 0 Å². The second kappa shape index (κ2) is 6.15. The quantitative estimate of drug-likeness (QED) is 0.880. The standard InChI is InChI=1S/C14H15ClN4S/c1-9(10-5-3-4-6-11(10)15)19(2)14-17-8-7-12(18-14)13(16)20/h3-9H,1-2H3,(H2,16,20). The summed E-state index contributed by atoms with van der Waals surface area (Å²) in [5.41, 5.74) is 7.17. The maximum Gasteiger partial charge on any atom is 0.226 e. The van der Waals surface area contributed by atoms with Crippen molar-refractivity contribution in [2.45, 2.75) is 13.0 Å². The normalized spacial score (nSPS) is 11.9. The molecule has 104 valence electrons. The number of thiocarbonyl (C=S) groups is 1. The van der Waals surface area contributed by atoms with Crippen LogP contribution in [0.1, 0.15) is 24.2 Å². The molecule has 0 fully saturated rings. The molecule has 1 unspecified atom stereocenters. The van der Waals surface area contributed by atoms with E-state index in [4.69, 9.17) is 29.6 Å². The van der Waals surface area contributed by atoms with E-state index in [2.05, 4.69) is 9.97 Å². The van der Waals surface area contributed by atoms with Gasteiger partial charge in [0.2, 0.25) is 5.95 Å². The summed E-state index contributed by atoms with van der Waals surface area (Å²) in [4.78, 5) is 10.8. The molecule has 0 saturated carbocycles. The van der Waals surface area contributed by atoms with Gasteiger partial charge in [0, 0.05) is 18.3 Å². The van der Waals surface area contributed by atoms with Crippen molar-refractivity contribution in [3.05, 3.63) is 52.8 Å². The molecule has 0 radical (unpaired) electrons. The third-order valence-electron chi connectivity index (χ3n) is 3.15. The number of halogens is 1. The molecule has 0 aliphatic rings. The van der Waals surface area contributed by atoms with Crippen molar-refractivity contribution < 1.29 is 0 Å². The number of nitrogens with zero attached hydrogens (tertiary/aromatic N) is 3. The first-order valence-corrected chi connectivity index (χ1v) is 6.89. The molecule has 1 aromatic heterocycles. The van der Waals surface area contributed by atoms with E-state index in [0.29, 0.717) is 11.6 Å². The molecule has 2 aromatic rings. The number of hydrogen-bond donors (Lipinski definition) is 1. The lowest BCUT2D eigenvalue weighted by molar-refractivity contribution is 0.715. The van der Waals surface area contributed by atoms with Crippen molar-refractivity contribution in [3.63, 3.8) is 0 Å². The van der Waals surface area contributed by atoms with Crippen molar-refractivity contribution in [2.24, 2.45) is 5.73 Å². The van der Waals surface area contributed by atoms with Crippen molar-refractivity contribution in [2.75, 3.05) is 11.9 Å². The molecule has 0 aliphatic carbocycles. The smallest absolute Gasteiger partial charge is 0.226 e. The van der Waals surface area contributed by atoms with Crippen LogP contribution in [0.4, 0.5) is 5.95 Å². The monoisotopic (exact) mass is 306 g/mol. The molecule has 6 heteroatoms. The van der Waals surface area contributed by atoms with Crippen LogP contribution in [0.25, 0.3) is 0 Å². The van der Waals surface area contributed by atoms with Crippen LogP contribution in [-0.2, 0) is 0 Å². The SMILES string of the molecule is CC(c1ccccc1Cl)N(C)c1nccc(C(N)=S)n1. The molecule has 4 nitrogen and oxygen atoms in total. The summed E-state index contributed by atoms with van der Waals surface area (Å²) in [6, 6.07) is 9.44. The topological polar surface area (TPSA) is 55.0 Å². The minimum absolute atomic E-state index is 0.0327. The Kier molecular flexibility index (Phi) is 4.52. The van der Waals surface area contributed by atoms with E-state index < -0.39 is 0 Å². The Morgan fingerprint density at radius 1 is 1.35 bits per heavy atom. The maximum atomic E-state index is 6.22. The first-order chi connectivity index (χ1) is 9.50. The summed E-state index contributed by atoms with van der Waals surface area (Å²) in [6.45, 7) is 2.04. The summed E-state index contributed by atoms with van der Waals surface area (Å²) in [5, 5.41) is 0.720. The number of rotatable bonds is 4. The molecule has 1 atom stereocenters. The van der Waals surface area contributed by atoms with Crippen LogP contribution in [0.2, 0.25) is 5.02 Å². The van der Waals surface area contributed by atoms with E-state index in [1.807, 2.05) is 43.1 Å². The van der Waals surface area contributed by atoms with Crippen LogP contribution in [0.3, 0.4) is 0 Å². The minimum Gasteiger partial charge on any atom is -0.388 e. The van der Waals surface area contributed by atoms with Gasteiger partial charge in [0.1, 0.15) is 10.7 Å². The summed E-state index contributed by atoms with van der Waals surface area (Å²) in [5.74, 6) is 0.558. The predicted octanol–water partition coefficient (Wildman–Crippen LogP) is 2.96. The molecule has 2 rings (SSSR count). The van der Waals surface area contributed by atoms with E-state index in [1.54, 1.807) is 12.3 Å². The van der Waals surface area contributed by atoms with E-state index in [9.17, 15) is 0 Å². The van der Waals surface area contributed by atoms with Crippen LogP contribution in [-0.4, -0.2) is 22.0 Å². The average Bonchev–Trinajstić information content (AvgIpc) is 2.46. The van der Waals surface area contributed by atoms with Crippen LogP contribution < -0.4 is 10.6 Å². The lowest BCUT2D eigenvalue weighted by Gasteiger charge is -2.26. The van der Waals surface area contributed by atoms with Gasteiger partial charge in [0.15, 0.2) is 0 Å². The van der Waals surface area contributed by atoms with E-state index in [0.717, 1.165) is 10.6 Å². The van der Waals surface area contributed by atoms with Crippen LogP contribution in [0.5, 0.6) is 0 Å².